The first kappa shape index (κ1) is 53.2. The van der Waals surface area contributed by atoms with E-state index in [1.54, 1.807) is 0 Å². The van der Waals surface area contributed by atoms with Gasteiger partial charge >= 0.3 is 7.69 Å². The average molecular weight is 1340 g/mol. The summed E-state index contributed by atoms with van der Waals surface area (Å²) in [4.78, 5) is 0. The summed E-state index contributed by atoms with van der Waals surface area (Å²) in [6.45, 7) is 0. The molecule has 0 saturated carbocycles. The minimum atomic E-state index is -0.989. The predicted molar refractivity (Wildman–Crippen MR) is 360 cm³/mol. The number of benzene rings is 12. The molecule has 0 saturated heterocycles. The average Bonchev–Trinajstić information content (AvgIpc) is 1.56. The third kappa shape index (κ3) is 8.44. The fourth-order valence-corrected chi connectivity index (χ4v) is 17.0. The lowest BCUT2D eigenvalue weighted by molar-refractivity contribution is 0.143. The van der Waals surface area contributed by atoms with Gasteiger partial charge in [0, 0.05) is 70.5 Å². The Bertz CT molecular complexity index is 5000. The van der Waals surface area contributed by atoms with Crippen LogP contribution in [0.3, 0.4) is 0 Å². The summed E-state index contributed by atoms with van der Waals surface area (Å²) in [5.41, 5.74) is 10.3. The maximum atomic E-state index is 9.77. The molecule has 2 unspecified atom stereocenters. The molecule has 1 radical (unpaired) electrons. The number of halogens is 3. The van der Waals surface area contributed by atoms with Crippen LogP contribution in [0.4, 0.5) is 0 Å². The minimum absolute atomic E-state index is 0.520. The Hall–Kier alpha value is -8.30. The summed E-state index contributed by atoms with van der Waals surface area (Å²) in [6, 6.07) is 87.7. The highest BCUT2D eigenvalue weighted by molar-refractivity contribution is 9.11. The van der Waals surface area contributed by atoms with Gasteiger partial charge in [-0.05, 0) is 123 Å². The molecule has 86 heavy (non-hydrogen) atoms. The first-order valence-electron chi connectivity index (χ1n) is 27.9. The van der Waals surface area contributed by atoms with E-state index < -0.39 is 11.0 Å². The minimum Gasteiger partial charge on any atom is -0.449 e. The molecule has 1 N–H and O–H groups in total. The quantitative estimate of drug-likeness (QED) is 0.173. The number of ether oxygens (including phenoxy) is 4. The second kappa shape index (κ2) is 21.3. The molecule has 18 rings (SSSR count). The van der Waals surface area contributed by atoms with Gasteiger partial charge in [-0.2, -0.15) is 0 Å². The molecule has 0 bridgehead atoms. The number of hydrogen-bond donors (Lipinski definition) is 1. The van der Waals surface area contributed by atoms with Crippen LogP contribution in [0.1, 0.15) is 38.9 Å². The molecule has 2 aliphatic carbocycles. The van der Waals surface area contributed by atoms with Crippen molar-refractivity contribution in [1.29, 1.82) is 0 Å². The second-order valence-corrected chi connectivity index (χ2v) is 26.2. The predicted octanol–water partition coefficient (Wildman–Crippen LogP) is 22.1. The van der Waals surface area contributed by atoms with Crippen LogP contribution in [-0.2, 0) is 15.7 Å². The van der Waals surface area contributed by atoms with Gasteiger partial charge in [0.1, 0.15) is 5.60 Å². The summed E-state index contributed by atoms with van der Waals surface area (Å²) in [7, 11) is 0.769. The molecular weight excluding hydrogens is 1300 g/mol. The van der Waals surface area contributed by atoms with Crippen LogP contribution in [0.25, 0.3) is 62.6 Å². The first-order valence-corrected chi connectivity index (χ1v) is 31.9. The van der Waals surface area contributed by atoms with Crippen LogP contribution >= 0.6 is 70.5 Å². The summed E-state index contributed by atoms with van der Waals surface area (Å²) in [5.74, 6) is 5.65. The standard InChI is InChI=1S/C37H21BrO2S.C25H16BO4.C12H6Br2S/c38-24-15-17-26-25-16-14-23(20-33(25)41-34(26)21-24)37(22-8-2-1-3-9-22)28-11-5-4-10-27(28)35-29(37)18-19-32-36(35)40-31-13-7-6-12-30(31)39-32;27-26-30-25(16-8-2-1-3-9-16)18-11-5-4-10-17(18)23-19(25)14-15-22-24(23)29-21-13-7-6-12-20(21)28-22;13-7-1-3-9-10-4-2-8(14)6-12(10)15-11(9)5-7/h1-21H;1-15,27H;1-6H. The van der Waals surface area contributed by atoms with Crippen molar-refractivity contribution in [1.82, 2.24) is 0 Å². The zero-order chi connectivity index (χ0) is 57.7. The van der Waals surface area contributed by atoms with Gasteiger partial charge in [-0.15, -0.1) is 22.7 Å². The number of thiophene rings is 2. The summed E-state index contributed by atoms with van der Waals surface area (Å²) in [6.07, 6.45) is 0. The largest absolute Gasteiger partial charge is 0.486 e. The lowest BCUT2D eigenvalue weighted by Crippen LogP contribution is -2.32. The van der Waals surface area contributed by atoms with Gasteiger partial charge in [-0.25, -0.2) is 0 Å². The summed E-state index contributed by atoms with van der Waals surface area (Å²) < 4.78 is 40.1. The number of para-hydroxylation sites is 4. The lowest BCUT2D eigenvalue weighted by atomic mass is 9.67. The van der Waals surface area contributed by atoms with Crippen molar-refractivity contribution in [2.24, 2.45) is 0 Å². The molecule has 0 spiro atoms. The van der Waals surface area contributed by atoms with Crippen LogP contribution in [0, 0.1) is 0 Å². The zero-order valence-corrected chi connectivity index (χ0v) is 51.7. The van der Waals surface area contributed by atoms with Crippen LogP contribution in [0.15, 0.2) is 268 Å². The maximum absolute atomic E-state index is 9.77. The lowest BCUT2D eigenvalue weighted by Gasteiger charge is -2.34. The normalized spacial score (nSPS) is 16.0. The van der Waals surface area contributed by atoms with Crippen molar-refractivity contribution >= 4 is 118 Å². The van der Waals surface area contributed by atoms with Crippen LogP contribution in [0.5, 0.6) is 46.0 Å². The van der Waals surface area contributed by atoms with E-state index in [4.69, 9.17) is 23.6 Å². The van der Waals surface area contributed by atoms with Crippen LogP contribution < -0.4 is 18.9 Å². The van der Waals surface area contributed by atoms with Gasteiger partial charge in [0.15, 0.2) is 46.0 Å². The zero-order valence-electron chi connectivity index (χ0n) is 45.3. The molecule has 411 valence electrons. The highest BCUT2D eigenvalue weighted by atomic mass is 79.9. The van der Waals surface area contributed by atoms with Gasteiger partial charge < -0.3 is 28.6 Å². The molecule has 12 heteroatoms. The fourth-order valence-electron chi connectivity index (χ4n) is 13.1. The van der Waals surface area contributed by atoms with Gasteiger partial charge in [-0.1, -0.05) is 224 Å². The topological polar surface area (TPSA) is 66.4 Å². The van der Waals surface area contributed by atoms with Gasteiger partial charge in [-0.3, -0.25) is 0 Å². The van der Waals surface area contributed by atoms with Crippen molar-refractivity contribution in [2.45, 2.75) is 11.0 Å². The Labute approximate surface area is 529 Å². The van der Waals surface area contributed by atoms with E-state index in [1.165, 1.54) is 68.2 Å². The molecule has 6 nitrogen and oxygen atoms in total. The van der Waals surface area contributed by atoms with Crippen LogP contribution in [0.2, 0.25) is 0 Å². The van der Waals surface area contributed by atoms with E-state index in [-0.39, 0.29) is 0 Å². The Balaban J connectivity index is 0.000000116. The molecule has 0 fully saturated rings. The molecule has 14 aromatic rings. The van der Waals surface area contributed by atoms with Crippen molar-refractivity contribution in [3.8, 4) is 68.2 Å². The van der Waals surface area contributed by atoms with Crippen molar-refractivity contribution in [3.05, 3.63) is 307 Å². The Morgan fingerprint density at radius 1 is 0.337 bits per heavy atom. The Morgan fingerprint density at radius 2 is 0.744 bits per heavy atom. The van der Waals surface area contributed by atoms with E-state index in [9.17, 15) is 5.02 Å². The number of rotatable bonds is 5. The van der Waals surface area contributed by atoms with Crippen molar-refractivity contribution in [2.75, 3.05) is 0 Å². The Morgan fingerprint density at radius 3 is 1.27 bits per heavy atom. The van der Waals surface area contributed by atoms with Gasteiger partial charge in [0.25, 0.3) is 0 Å². The van der Waals surface area contributed by atoms with E-state index in [0.29, 0.717) is 23.0 Å². The smallest absolute Gasteiger partial charge is 0.449 e. The third-order valence-corrected chi connectivity index (χ3v) is 20.4. The fraction of sp³-hybridized carbons (Fsp3) is 0.0270. The Kier molecular flexibility index (Phi) is 13.2. The molecule has 4 aliphatic rings. The SMILES string of the molecule is Brc1ccc2c(c1)sc1cc(Br)ccc12.Brc1ccc2c(c1)sc1cc(C3(c4ccccc4)c4ccccc4-c4c3ccc3c4Oc4ccccc4O3)ccc12.O[B]OC1(c2ccccc2)c2ccccc2-c2c1ccc1c2Oc2ccccc2O1. The second-order valence-electron chi connectivity index (χ2n) is 21.2. The van der Waals surface area contributed by atoms with Crippen molar-refractivity contribution in [3.63, 3.8) is 0 Å². The van der Waals surface area contributed by atoms with Gasteiger partial charge in [0.2, 0.25) is 0 Å². The molecule has 2 aromatic heterocycles. The van der Waals surface area contributed by atoms with Crippen molar-refractivity contribution < 1.29 is 28.6 Å². The van der Waals surface area contributed by atoms with E-state index in [0.717, 1.165) is 77.5 Å². The molecule has 4 heterocycles. The summed E-state index contributed by atoms with van der Waals surface area (Å²) in [5, 5.41) is 15.0. The van der Waals surface area contributed by atoms with E-state index in [2.05, 4.69) is 187 Å². The molecule has 2 atom stereocenters. The summed E-state index contributed by atoms with van der Waals surface area (Å²) >= 11 is 14.3. The highest BCUT2D eigenvalue weighted by Gasteiger charge is 2.50. The van der Waals surface area contributed by atoms with E-state index in [1.807, 2.05) is 138 Å². The van der Waals surface area contributed by atoms with E-state index >= 15 is 0 Å². The maximum Gasteiger partial charge on any atom is 0.486 e. The molecule has 2 aliphatic heterocycles. The first-order chi connectivity index (χ1) is 42.3. The molecule has 12 aromatic carbocycles. The highest BCUT2D eigenvalue weighted by Crippen LogP contribution is 2.64. The number of fused-ring (bicyclic) bond motifs is 18. The third-order valence-electron chi connectivity index (χ3n) is 16.6. The molecular formula is C74H43BBr3O6S2. The number of hydrogen-bond acceptors (Lipinski definition) is 8. The monoisotopic (exact) mass is 1340 g/mol. The van der Waals surface area contributed by atoms with Gasteiger partial charge in [0.05, 0.1) is 5.41 Å². The van der Waals surface area contributed by atoms with Crippen LogP contribution in [-0.4, -0.2) is 12.7 Å². The molecule has 0 amide bonds.